The summed E-state index contributed by atoms with van der Waals surface area (Å²) < 4.78 is 11.2. The zero-order valence-electron chi connectivity index (χ0n) is 17.2. The normalized spacial score (nSPS) is 22.0. The van der Waals surface area contributed by atoms with E-state index in [1.807, 2.05) is 43.3 Å². The smallest absolute Gasteiger partial charge is 0.375 e. The Morgan fingerprint density at radius 2 is 1.90 bits per heavy atom. The molecule has 1 heterocycles. The average molecular weight is 393 g/mol. The number of amides is 1. The van der Waals surface area contributed by atoms with Gasteiger partial charge in [0.2, 0.25) is 5.76 Å². The van der Waals surface area contributed by atoms with E-state index < -0.39 is 5.97 Å². The molecule has 4 rings (SSSR count). The second kappa shape index (κ2) is 7.90. The third kappa shape index (κ3) is 3.74. The van der Waals surface area contributed by atoms with Crippen LogP contribution in [-0.4, -0.2) is 24.5 Å². The fourth-order valence-corrected chi connectivity index (χ4v) is 4.37. The maximum absolute atomic E-state index is 12.6. The summed E-state index contributed by atoms with van der Waals surface area (Å²) in [5.74, 6) is 0.300. The Hall–Kier alpha value is -2.82. The molecule has 1 aliphatic rings. The van der Waals surface area contributed by atoms with Crippen molar-refractivity contribution >= 4 is 33.6 Å². The van der Waals surface area contributed by atoms with Gasteiger partial charge in [-0.15, -0.1) is 0 Å². The second-order valence-electron chi connectivity index (χ2n) is 8.24. The summed E-state index contributed by atoms with van der Waals surface area (Å²) in [7, 11) is 0. The largest absolute Gasteiger partial charge is 0.450 e. The number of carbonyl (C=O) groups is 2. The minimum Gasteiger partial charge on any atom is -0.450 e. The average Bonchev–Trinajstić information content (AvgIpc) is 3.07. The number of fused-ring (bicyclic) bond motifs is 3. The van der Waals surface area contributed by atoms with E-state index >= 15 is 0 Å². The number of ether oxygens (including phenoxy) is 1. The van der Waals surface area contributed by atoms with Crippen molar-refractivity contribution in [2.24, 2.45) is 11.8 Å². The number of carbonyl (C=O) groups excluding carboxylic acids is 2. The van der Waals surface area contributed by atoms with Crippen LogP contribution in [0.3, 0.4) is 0 Å². The molecule has 0 aliphatic heterocycles. The molecule has 5 heteroatoms. The van der Waals surface area contributed by atoms with Gasteiger partial charge < -0.3 is 14.5 Å². The lowest BCUT2D eigenvalue weighted by Gasteiger charge is -2.34. The van der Waals surface area contributed by atoms with Crippen molar-refractivity contribution in [2.75, 3.05) is 6.61 Å². The van der Waals surface area contributed by atoms with Crippen LogP contribution >= 0.6 is 0 Å². The summed E-state index contributed by atoms with van der Waals surface area (Å²) in [6, 6.07) is 12.0. The molecule has 3 unspecified atom stereocenters. The zero-order valence-corrected chi connectivity index (χ0v) is 17.2. The van der Waals surface area contributed by atoms with E-state index in [0.717, 1.165) is 34.6 Å². The summed E-state index contributed by atoms with van der Waals surface area (Å²) in [6.07, 6.45) is 3.28. The molecule has 3 aromatic rings. The first-order valence-corrected chi connectivity index (χ1v) is 10.3. The molecule has 0 saturated heterocycles. The summed E-state index contributed by atoms with van der Waals surface area (Å²) in [6.45, 7) is 5.93. The molecule has 1 N–H and O–H groups in total. The van der Waals surface area contributed by atoms with Crippen molar-refractivity contribution in [1.82, 2.24) is 5.32 Å². The van der Waals surface area contributed by atoms with Crippen LogP contribution in [0.25, 0.3) is 21.7 Å². The minimum atomic E-state index is -0.608. The third-order valence-corrected chi connectivity index (χ3v) is 6.40. The molecule has 5 nitrogen and oxygen atoms in total. The summed E-state index contributed by atoms with van der Waals surface area (Å²) in [5.41, 5.74) is 1.40. The molecule has 2 aromatic carbocycles. The predicted molar refractivity (Wildman–Crippen MR) is 113 cm³/mol. The van der Waals surface area contributed by atoms with Crippen LogP contribution < -0.4 is 5.32 Å². The number of benzene rings is 2. The van der Waals surface area contributed by atoms with Gasteiger partial charge in [-0.1, -0.05) is 63.1 Å². The van der Waals surface area contributed by atoms with E-state index in [2.05, 4.69) is 19.2 Å². The Balaban J connectivity index is 1.46. The highest BCUT2D eigenvalue weighted by Crippen LogP contribution is 2.32. The molecule has 1 saturated carbocycles. The maximum Gasteiger partial charge on any atom is 0.375 e. The minimum absolute atomic E-state index is 0.143. The monoisotopic (exact) mass is 393 g/mol. The summed E-state index contributed by atoms with van der Waals surface area (Å²) in [4.78, 5) is 24.9. The van der Waals surface area contributed by atoms with E-state index in [4.69, 9.17) is 9.15 Å². The topological polar surface area (TPSA) is 68.5 Å². The van der Waals surface area contributed by atoms with E-state index in [1.165, 1.54) is 6.42 Å². The molecular formula is C24H27NO4. The molecule has 0 spiro atoms. The fraction of sp³-hybridized carbons (Fsp3) is 0.417. The van der Waals surface area contributed by atoms with Gasteiger partial charge in [0.05, 0.1) is 0 Å². The van der Waals surface area contributed by atoms with Gasteiger partial charge in [-0.2, -0.15) is 0 Å². The Morgan fingerprint density at radius 3 is 2.72 bits per heavy atom. The summed E-state index contributed by atoms with van der Waals surface area (Å²) in [5, 5.41) is 5.90. The van der Waals surface area contributed by atoms with Crippen molar-refractivity contribution in [3.8, 4) is 0 Å². The quantitative estimate of drug-likeness (QED) is 0.634. The van der Waals surface area contributed by atoms with Crippen LogP contribution in [0.1, 0.15) is 49.2 Å². The first-order valence-electron chi connectivity index (χ1n) is 10.3. The third-order valence-electron chi connectivity index (χ3n) is 6.40. The van der Waals surface area contributed by atoms with Gasteiger partial charge in [-0.25, -0.2) is 4.79 Å². The van der Waals surface area contributed by atoms with Crippen LogP contribution in [0, 0.1) is 18.8 Å². The van der Waals surface area contributed by atoms with Crippen LogP contribution in [0.4, 0.5) is 0 Å². The summed E-state index contributed by atoms with van der Waals surface area (Å²) >= 11 is 0. The van der Waals surface area contributed by atoms with Crippen molar-refractivity contribution in [3.05, 3.63) is 47.7 Å². The first-order chi connectivity index (χ1) is 14.0. The SMILES string of the molecule is Cc1c(C(=O)OCC(=O)NC2CCCC(C)C2C)oc2c1ccc1ccccc12. The molecule has 0 bridgehead atoms. The van der Waals surface area contributed by atoms with Crippen molar-refractivity contribution < 1.29 is 18.7 Å². The molecule has 0 radical (unpaired) electrons. The Morgan fingerprint density at radius 1 is 1.10 bits per heavy atom. The Kier molecular flexibility index (Phi) is 5.31. The molecule has 1 fully saturated rings. The molecule has 152 valence electrons. The second-order valence-corrected chi connectivity index (χ2v) is 8.24. The zero-order chi connectivity index (χ0) is 20.5. The number of aryl methyl sites for hydroxylation is 1. The highest BCUT2D eigenvalue weighted by molar-refractivity contribution is 6.08. The lowest BCUT2D eigenvalue weighted by atomic mass is 9.78. The highest BCUT2D eigenvalue weighted by atomic mass is 16.5. The van der Waals surface area contributed by atoms with Gasteiger partial charge in [-0.05, 0) is 30.6 Å². The molecule has 1 aliphatic carbocycles. The molecule has 1 amide bonds. The van der Waals surface area contributed by atoms with Gasteiger partial charge in [0.25, 0.3) is 5.91 Å². The standard InChI is InChI=1S/C24H27NO4/c1-14-7-6-10-20(15(14)2)25-21(26)13-28-24(27)22-16(3)18-12-11-17-8-4-5-9-19(17)23(18)29-22/h4-5,8-9,11-12,14-15,20H,6-7,10,13H2,1-3H3,(H,25,26). The maximum atomic E-state index is 12.6. The molecule has 1 aromatic heterocycles. The number of hydrogen-bond donors (Lipinski definition) is 1. The fourth-order valence-electron chi connectivity index (χ4n) is 4.37. The molecule has 3 atom stereocenters. The van der Waals surface area contributed by atoms with Crippen LogP contribution in [0.2, 0.25) is 0 Å². The van der Waals surface area contributed by atoms with Gasteiger partial charge in [0.15, 0.2) is 6.61 Å². The number of hydrogen-bond acceptors (Lipinski definition) is 4. The first kappa shape index (κ1) is 19.5. The lowest BCUT2D eigenvalue weighted by molar-refractivity contribution is -0.125. The van der Waals surface area contributed by atoms with Gasteiger partial charge >= 0.3 is 5.97 Å². The highest BCUT2D eigenvalue weighted by Gasteiger charge is 2.28. The van der Waals surface area contributed by atoms with Crippen LogP contribution in [0.5, 0.6) is 0 Å². The van der Waals surface area contributed by atoms with Crippen LogP contribution in [0.15, 0.2) is 40.8 Å². The number of nitrogens with one attached hydrogen (secondary N) is 1. The van der Waals surface area contributed by atoms with Crippen LogP contribution in [-0.2, 0) is 9.53 Å². The molecular weight excluding hydrogens is 366 g/mol. The van der Waals surface area contributed by atoms with Gasteiger partial charge in [-0.3, -0.25) is 4.79 Å². The Bertz CT molecular complexity index is 1070. The predicted octanol–water partition coefficient (Wildman–Crippen LogP) is 4.99. The number of rotatable bonds is 4. The lowest BCUT2D eigenvalue weighted by Crippen LogP contribution is -2.45. The van der Waals surface area contributed by atoms with Gasteiger partial charge in [0.1, 0.15) is 5.58 Å². The van der Waals surface area contributed by atoms with E-state index in [-0.39, 0.29) is 24.3 Å². The van der Waals surface area contributed by atoms with E-state index in [9.17, 15) is 9.59 Å². The Labute approximate surface area is 170 Å². The van der Waals surface area contributed by atoms with Crippen molar-refractivity contribution in [1.29, 1.82) is 0 Å². The number of esters is 1. The van der Waals surface area contributed by atoms with Gasteiger partial charge in [0, 0.05) is 22.4 Å². The molecule has 29 heavy (non-hydrogen) atoms. The van der Waals surface area contributed by atoms with E-state index in [1.54, 1.807) is 0 Å². The van der Waals surface area contributed by atoms with Crippen molar-refractivity contribution in [2.45, 2.75) is 46.1 Å². The van der Waals surface area contributed by atoms with E-state index in [0.29, 0.717) is 17.4 Å². The van der Waals surface area contributed by atoms with Crippen molar-refractivity contribution in [3.63, 3.8) is 0 Å². The number of furan rings is 1.